The van der Waals surface area contributed by atoms with Crippen molar-refractivity contribution in [1.82, 2.24) is 9.97 Å². The zero-order valence-electron chi connectivity index (χ0n) is 18.0. The van der Waals surface area contributed by atoms with Crippen LogP contribution in [0.3, 0.4) is 0 Å². The van der Waals surface area contributed by atoms with Crippen LogP contribution in [0.5, 0.6) is 11.5 Å². The molecule has 1 heterocycles. The molecule has 0 bridgehead atoms. The molecule has 0 saturated carbocycles. The highest BCUT2D eigenvalue weighted by molar-refractivity contribution is 5.88. The van der Waals surface area contributed by atoms with Gasteiger partial charge in [0.25, 0.3) is 0 Å². The number of benzene rings is 2. The minimum atomic E-state index is 0.787. The number of hydrogen-bond donors (Lipinski definition) is 1. The van der Waals surface area contributed by atoms with Crippen molar-refractivity contribution in [2.45, 2.75) is 51.4 Å². The van der Waals surface area contributed by atoms with Crippen LogP contribution in [0.15, 0.2) is 54.9 Å². The predicted octanol–water partition coefficient (Wildman–Crippen LogP) is 6.25. The number of ether oxygens (including phenoxy) is 2. The molecule has 0 unspecified atom stereocenters. The maximum absolute atomic E-state index is 5.77. The molecule has 0 amide bonds. The largest absolute Gasteiger partial charge is 0.497 e. The van der Waals surface area contributed by atoms with E-state index in [4.69, 9.17) is 9.47 Å². The summed E-state index contributed by atoms with van der Waals surface area (Å²) >= 11 is 0. The molecule has 5 nitrogen and oxygen atoms in total. The number of unbranched alkanes of at least 4 members (excludes halogenated alkanes) is 7. The van der Waals surface area contributed by atoms with E-state index in [-0.39, 0.29) is 0 Å². The topological polar surface area (TPSA) is 56.3 Å². The highest BCUT2D eigenvalue weighted by atomic mass is 16.5. The van der Waals surface area contributed by atoms with Crippen molar-refractivity contribution >= 4 is 16.7 Å². The van der Waals surface area contributed by atoms with E-state index in [9.17, 15) is 0 Å². The van der Waals surface area contributed by atoms with Crippen LogP contribution in [-0.2, 0) is 0 Å². The number of nitrogens with one attached hydrogen (secondary N) is 1. The van der Waals surface area contributed by atoms with Crippen molar-refractivity contribution in [1.29, 1.82) is 0 Å². The lowest BCUT2D eigenvalue weighted by atomic mass is 10.1. The lowest BCUT2D eigenvalue weighted by Gasteiger charge is -2.08. The molecule has 1 N–H and O–H groups in total. The van der Waals surface area contributed by atoms with E-state index in [0.717, 1.165) is 47.8 Å². The first-order valence-electron chi connectivity index (χ1n) is 11.1. The minimum Gasteiger partial charge on any atom is -0.497 e. The fourth-order valence-corrected chi connectivity index (χ4v) is 3.50. The molecule has 160 valence electrons. The van der Waals surface area contributed by atoms with Gasteiger partial charge in [-0.2, -0.15) is 0 Å². The average Bonchev–Trinajstić information content (AvgIpc) is 2.80. The van der Waals surface area contributed by atoms with E-state index in [1.807, 2.05) is 42.5 Å². The van der Waals surface area contributed by atoms with Gasteiger partial charge in [0.1, 0.15) is 23.6 Å². The molecule has 1 aromatic heterocycles. The average molecular weight is 408 g/mol. The summed E-state index contributed by atoms with van der Waals surface area (Å²) in [5, 5.41) is 4.55. The SMILES string of the molecule is COc1ccc(OCCCCCCCCCCNc2ncnc3ccccc23)cc1. The van der Waals surface area contributed by atoms with Gasteiger partial charge in [0.15, 0.2) is 0 Å². The van der Waals surface area contributed by atoms with Crippen molar-refractivity contribution in [3.63, 3.8) is 0 Å². The molecule has 30 heavy (non-hydrogen) atoms. The Morgan fingerprint density at radius 2 is 1.40 bits per heavy atom. The number of methoxy groups -OCH3 is 1. The third-order valence-electron chi connectivity index (χ3n) is 5.23. The minimum absolute atomic E-state index is 0.787. The van der Waals surface area contributed by atoms with E-state index >= 15 is 0 Å². The standard InChI is InChI=1S/C25H33N3O2/c1-29-21-14-16-22(17-15-21)30-19-11-7-5-3-2-4-6-10-18-26-25-23-12-8-9-13-24(23)27-20-28-25/h8-9,12-17,20H,2-7,10-11,18-19H2,1H3,(H,26,27,28). The molecule has 2 aromatic carbocycles. The summed E-state index contributed by atoms with van der Waals surface area (Å²) in [7, 11) is 1.68. The predicted molar refractivity (Wildman–Crippen MR) is 123 cm³/mol. The van der Waals surface area contributed by atoms with Crippen LogP contribution in [0.1, 0.15) is 51.4 Å². The Balaban J connectivity index is 1.15. The first kappa shape index (κ1) is 21.9. The molecule has 0 radical (unpaired) electrons. The second-order valence-electron chi connectivity index (χ2n) is 7.52. The van der Waals surface area contributed by atoms with Crippen molar-refractivity contribution in [3.05, 3.63) is 54.9 Å². The summed E-state index contributed by atoms with van der Waals surface area (Å²) in [4.78, 5) is 8.68. The van der Waals surface area contributed by atoms with Crippen LogP contribution in [-0.4, -0.2) is 30.2 Å². The molecule has 0 fully saturated rings. The van der Waals surface area contributed by atoms with Gasteiger partial charge in [-0.25, -0.2) is 9.97 Å². The van der Waals surface area contributed by atoms with Crippen molar-refractivity contribution < 1.29 is 9.47 Å². The first-order chi connectivity index (χ1) is 14.9. The zero-order chi connectivity index (χ0) is 20.9. The van der Waals surface area contributed by atoms with E-state index in [1.165, 1.54) is 44.9 Å². The molecule has 0 aliphatic carbocycles. The maximum Gasteiger partial charge on any atom is 0.137 e. The molecular weight excluding hydrogens is 374 g/mol. The van der Waals surface area contributed by atoms with Gasteiger partial charge in [0, 0.05) is 11.9 Å². The van der Waals surface area contributed by atoms with Crippen LogP contribution in [0.4, 0.5) is 5.82 Å². The van der Waals surface area contributed by atoms with Crippen LogP contribution < -0.4 is 14.8 Å². The van der Waals surface area contributed by atoms with E-state index in [2.05, 4.69) is 21.4 Å². The first-order valence-corrected chi connectivity index (χ1v) is 11.1. The fourth-order valence-electron chi connectivity index (χ4n) is 3.50. The highest BCUT2D eigenvalue weighted by Gasteiger charge is 2.01. The van der Waals surface area contributed by atoms with E-state index in [1.54, 1.807) is 13.4 Å². The molecule has 0 aliphatic rings. The van der Waals surface area contributed by atoms with Crippen LogP contribution in [0, 0.1) is 0 Å². The molecule has 3 rings (SSSR count). The number of anilines is 1. The Labute approximate surface area is 179 Å². The zero-order valence-corrected chi connectivity index (χ0v) is 18.0. The number of para-hydroxylation sites is 1. The Bertz CT molecular complexity index is 862. The van der Waals surface area contributed by atoms with Gasteiger partial charge < -0.3 is 14.8 Å². The number of aromatic nitrogens is 2. The normalized spacial score (nSPS) is 10.8. The van der Waals surface area contributed by atoms with Crippen molar-refractivity contribution in [3.8, 4) is 11.5 Å². The number of hydrogen-bond acceptors (Lipinski definition) is 5. The Morgan fingerprint density at radius 3 is 2.17 bits per heavy atom. The second-order valence-corrected chi connectivity index (χ2v) is 7.52. The molecule has 0 saturated heterocycles. The quantitative estimate of drug-likeness (QED) is 0.320. The van der Waals surface area contributed by atoms with E-state index in [0.29, 0.717) is 0 Å². The van der Waals surface area contributed by atoms with Crippen LogP contribution in [0.2, 0.25) is 0 Å². The van der Waals surface area contributed by atoms with Gasteiger partial charge in [-0.1, -0.05) is 50.7 Å². The molecule has 5 heteroatoms. The Hall–Kier alpha value is -2.82. The molecule has 0 aliphatic heterocycles. The van der Waals surface area contributed by atoms with Gasteiger partial charge >= 0.3 is 0 Å². The summed E-state index contributed by atoms with van der Waals surface area (Å²) in [5.41, 5.74) is 0.990. The van der Waals surface area contributed by atoms with Gasteiger partial charge in [-0.05, 0) is 49.2 Å². The lowest BCUT2D eigenvalue weighted by Crippen LogP contribution is -2.04. The summed E-state index contributed by atoms with van der Waals surface area (Å²) in [5.74, 6) is 2.72. The van der Waals surface area contributed by atoms with Gasteiger partial charge in [-0.3, -0.25) is 0 Å². The summed E-state index contributed by atoms with van der Waals surface area (Å²) in [6.45, 7) is 1.75. The highest BCUT2D eigenvalue weighted by Crippen LogP contribution is 2.19. The third kappa shape index (κ3) is 7.21. The van der Waals surface area contributed by atoms with Crippen LogP contribution >= 0.6 is 0 Å². The number of rotatable bonds is 14. The van der Waals surface area contributed by atoms with Gasteiger partial charge in [0.2, 0.25) is 0 Å². The number of nitrogens with zero attached hydrogens (tertiary/aromatic N) is 2. The summed E-state index contributed by atoms with van der Waals surface area (Å²) in [6.07, 6.45) is 11.6. The van der Waals surface area contributed by atoms with Crippen molar-refractivity contribution in [2.75, 3.05) is 25.6 Å². The van der Waals surface area contributed by atoms with Gasteiger partial charge in [-0.15, -0.1) is 0 Å². The molecule has 3 aromatic rings. The van der Waals surface area contributed by atoms with E-state index < -0.39 is 0 Å². The van der Waals surface area contributed by atoms with Gasteiger partial charge in [0.05, 0.1) is 19.2 Å². The fraction of sp³-hybridized carbons (Fsp3) is 0.440. The summed E-state index contributed by atoms with van der Waals surface area (Å²) < 4.78 is 10.9. The molecule has 0 spiro atoms. The Morgan fingerprint density at radius 1 is 0.733 bits per heavy atom. The smallest absolute Gasteiger partial charge is 0.137 e. The third-order valence-corrected chi connectivity index (χ3v) is 5.23. The second kappa shape index (κ2) is 12.7. The van der Waals surface area contributed by atoms with Crippen LogP contribution in [0.25, 0.3) is 10.9 Å². The monoisotopic (exact) mass is 407 g/mol. The molecule has 0 atom stereocenters. The lowest BCUT2D eigenvalue weighted by molar-refractivity contribution is 0.303. The maximum atomic E-state index is 5.77. The van der Waals surface area contributed by atoms with Crippen molar-refractivity contribution in [2.24, 2.45) is 0 Å². The number of fused-ring (bicyclic) bond motifs is 1. The Kier molecular flexibility index (Phi) is 9.25. The summed E-state index contributed by atoms with van der Waals surface area (Å²) in [6, 6.07) is 15.9. The molecular formula is C25H33N3O2.